The van der Waals surface area contributed by atoms with Crippen molar-refractivity contribution >= 4 is 5.91 Å². The predicted octanol–water partition coefficient (Wildman–Crippen LogP) is 5.21. The van der Waals surface area contributed by atoms with Crippen LogP contribution in [0.5, 0.6) is 11.5 Å². The van der Waals surface area contributed by atoms with E-state index in [-0.39, 0.29) is 12.5 Å². The number of carbonyl (C=O) groups is 1. The Morgan fingerprint density at radius 2 is 1.43 bits per heavy atom. The Hall–Kier alpha value is -4.91. The van der Waals surface area contributed by atoms with E-state index >= 15 is 0 Å². The second-order valence-electron chi connectivity index (χ2n) is 8.31. The number of nitrogens with one attached hydrogen (secondary N) is 1. The Morgan fingerprint density at radius 1 is 0.784 bits per heavy atom. The van der Waals surface area contributed by atoms with Gasteiger partial charge in [0.1, 0.15) is 6.61 Å². The zero-order valence-electron chi connectivity index (χ0n) is 20.2. The molecule has 37 heavy (non-hydrogen) atoms. The molecule has 1 N–H and O–H groups in total. The predicted molar refractivity (Wildman–Crippen MR) is 141 cm³/mol. The van der Waals surface area contributed by atoms with Gasteiger partial charge in [0, 0.05) is 36.3 Å². The summed E-state index contributed by atoms with van der Waals surface area (Å²) in [5, 5.41) is 7.72. The Morgan fingerprint density at radius 3 is 2.16 bits per heavy atom. The van der Waals surface area contributed by atoms with E-state index < -0.39 is 0 Å². The van der Waals surface area contributed by atoms with Gasteiger partial charge in [0.25, 0.3) is 5.91 Å². The number of pyridine rings is 1. The Bertz CT molecular complexity index is 1440. The first-order valence-corrected chi connectivity index (χ1v) is 12.0. The summed E-state index contributed by atoms with van der Waals surface area (Å²) < 4.78 is 13.5. The number of para-hydroxylation sites is 3. The maximum atomic E-state index is 12.7. The summed E-state index contributed by atoms with van der Waals surface area (Å²) >= 11 is 0. The lowest BCUT2D eigenvalue weighted by atomic mass is 10.1. The molecule has 0 bridgehead atoms. The van der Waals surface area contributed by atoms with Gasteiger partial charge in [0.05, 0.1) is 11.4 Å². The normalized spacial score (nSPS) is 10.6. The Kier molecular flexibility index (Phi) is 7.52. The molecule has 3 aromatic carbocycles. The monoisotopic (exact) mass is 490 g/mol. The molecule has 0 saturated carbocycles. The first-order valence-electron chi connectivity index (χ1n) is 12.0. The zero-order chi connectivity index (χ0) is 25.3. The van der Waals surface area contributed by atoms with Crippen molar-refractivity contribution in [3.05, 3.63) is 127 Å². The minimum atomic E-state index is -0.244. The molecule has 5 rings (SSSR count). The number of nitrogens with zero attached hydrogens (tertiary/aromatic N) is 3. The van der Waals surface area contributed by atoms with Gasteiger partial charge in [-0.25, -0.2) is 4.68 Å². The molecule has 0 fully saturated rings. The first kappa shape index (κ1) is 23.8. The number of aromatic nitrogens is 3. The van der Waals surface area contributed by atoms with E-state index in [1.807, 2.05) is 102 Å². The fourth-order valence-electron chi connectivity index (χ4n) is 3.82. The molecule has 1 amide bonds. The van der Waals surface area contributed by atoms with Crippen LogP contribution in [-0.4, -0.2) is 27.3 Å². The maximum absolute atomic E-state index is 12.7. The van der Waals surface area contributed by atoms with Crippen LogP contribution in [0.3, 0.4) is 0 Å². The fourth-order valence-corrected chi connectivity index (χ4v) is 3.82. The van der Waals surface area contributed by atoms with Crippen LogP contribution < -0.4 is 14.8 Å². The van der Waals surface area contributed by atoms with Crippen molar-refractivity contribution in [2.24, 2.45) is 0 Å². The van der Waals surface area contributed by atoms with E-state index in [4.69, 9.17) is 14.6 Å². The highest BCUT2D eigenvalue weighted by molar-refractivity contribution is 5.78. The van der Waals surface area contributed by atoms with Crippen molar-refractivity contribution in [2.45, 2.75) is 13.2 Å². The van der Waals surface area contributed by atoms with E-state index in [0.29, 0.717) is 24.7 Å². The molecule has 0 radical (unpaired) electrons. The molecule has 2 aromatic heterocycles. The third-order valence-electron chi connectivity index (χ3n) is 5.69. The number of hydrogen-bond acceptors (Lipinski definition) is 5. The van der Waals surface area contributed by atoms with Crippen LogP contribution >= 0.6 is 0 Å². The summed E-state index contributed by atoms with van der Waals surface area (Å²) in [7, 11) is 0. The largest absolute Gasteiger partial charge is 0.485 e. The van der Waals surface area contributed by atoms with Crippen LogP contribution in [0.2, 0.25) is 0 Å². The summed E-state index contributed by atoms with van der Waals surface area (Å²) in [5.74, 6) is 0.859. The van der Waals surface area contributed by atoms with Crippen molar-refractivity contribution in [1.29, 1.82) is 0 Å². The van der Waals surface area contributed by atoms with E-state index in [1.54, 1.807) is 18.5 Å². The van der Waals surface area contributed by atoms with Gasteiger partial charge < -0.3 is 14.8 Å². The first-order chi connectivity index (χ1) is 18.3. The summed E-state index contributed by atoms with van der Waals surface area (Å²) in [6.07, 6.45) is 5.38. The average molecular weight is 491 g/mol. The Balaban J connectivity index is 1.23. The molecule has 7 nitrogen and oxygen atoms in total. The maximum Gasteiger partial charge on any atom is 0.258 e. The van der Waals surface area contributed by atoms with Crippen LogP contribution in [0.25, 0.3) is 16.9 Å². The van der Waals surface area contributed by atoms with Gasteiger partial charge in [-0.3, -0.25) is 9.78 Å². The van der Waals surface area contributed by atoms with Crippen molar-refractivity contribution in [3.63, 3.8) is 0 Å². The van der Waals surface area contributed by atoms with Crippen LogP contribution in [0, 0.1) is 0 Å². The van der Waals surface area contributed by atoms with Crippen LogP contribution in [0.4, 0.5) is 0 Å². The summed E-state index contributed by atoms with van der Waals surface area (Å²) in [6.45, 7) is 0.582. The molecule has 5 aromatic rings. The van der Waals surface area contributed by atoms with Gasteiger partial charge in [-0.05, 0) is 42.0 Å². The van der Waals surface area contributed by atoms with E-state index in [2.05, 4.69) is 10.3 Å². The highest BCUT2D eigenvalue weighted by Gasteiger charge is 2.14. The van der Waals surface area contributed by atoms with Crippen molar-refractivity contribution < 1.29 is 14.3 Å². The van der Waals surface area contributed by atoms with E-state index in [1.165, 1.54) is 0 Å². The van der Waals surface area contributed by atoms with E-state index in [0.717, 1.165) is 28.1 Å². The Labute approximate surface area is 215 Å². The third kappa shape index (κ3) is 6.21. The molecule has 0 atom stereocenters. The molecule has 2 heterocycles. The lowest BCUT2D eigenvalue weighted by molar-refractivity contribution is -0.123. The molecule has 0 aliphatic heterocycles. The third-order valence-corrected chi connectivity index (χ3v) is 5.69. The standard InChI is InChI=1S/C30H26N4O3/c35-29(22-37-28-14-8-7-13-27(28)36-21-23-9-3-1-4-10-23)32-19-25-20-34(26-11-5-2-6-12-26)33-30(25)24-15-17-31-18-16-24/h1-18,20H,19,21-22H2,(H,32,35). The molecule has 184 valence electrons. The summed E-state index contributed by atoms with van der Waals surface area (Å²) in [6, 6.07) is 30.9. The smallest absolute Gasteiger partial charge is 0.258 e. The van der Waals surface area contributed by atoms with Gasteiger partial charge in [-0.15, -0.1) is 0 Å². The van der Waals surface area contributed by atoms with Gasteiger partial charge in [-0.1, -0.05) is 60.7 Å². The summed E-state index contributed by atoms with van der Waals surface area (Å²) in [4.78, 5) is 16.8. The number of amides is 1. The summed E-state index contributed by atoms with van der Waals surface area (Å²) in [5.41, 5.74) is 4.58. The van der Waals surface area contributed by atoms with Crippen LogP contribution in [-0.2, 0) is 17.9 Å². The van der Waals surface area contributed by atoms with Crippen LogP contribution in [0.1, 0.15) is 11.1 Å². The molecule has 7 heteroatoms. The SMILES string of the molecule is O=C(COc1ccccc1OCc1ccccc1)NCc1cn(-c2ccccc2)nc1-c1ccncc1. The lowest BCUT2D eigenvalue weighted by Gasteiger charge is -2.13. The minimum Gasteiger partial charge on any atom is -0.485 e. The highest BCUT2D eigenvalue weighted by atomic mass is 16.5. The highest BCUT2D eigenvalue weighted by Crippen LogP contribution is 2.27. The zero-order valence-corrected chi connectivity index (χ0v) is 20.2. The van der Waals surface area contributed by atoms with Crippen molar-refractivity contribution in [3.8, 4) is 28.4 Å². The quantitative estimate of drug-likeness (QED) is 0.291. The van der Waals surface area contributed by atoms with Gasteiger partial charge in [-0.2, -0.15) is 5.10 Å². The second-order valence-corrected chi connectivity index (χ2v) is 8.31. The van der Waals surface area contributed by atoms with Crippen molar-refractivity contribution in [1.82, 2.24) is 20.1 Å². The van der Waals surface area contributed by atoms with Crippen molar-refractivity contribution in [2.75, 3.05) is 6.61 Å². The van der Waals surface area contributed by atoms with Gasteiger partial charge in [0.2, 0.25) is 0 Å². The molecule has 0 saturated heterocycles. The van der Waals surface area contributed by atoms with E-state index in [9.17, 15) is 4.79 Å². The van der Waals surface area contributed by atoms with Gasteiger partial charge >= 0.3 is 0 Å². The molecular weight excluding hydrogens is 464 g/mol. The van der Waals surface area contributed by atoms with Crippen LogP contribution in [0.15, 0.2) is 116 Å². The second kappa shape index (κ2) is 11.7. The molecule has 0 spiro atoms. The topological polar surface area (TPSA) is 78.3 Å². The van der Waals surface area contributed by atoms with Gasteiger partial charge in [0.15, 0.2) is 18.1 Å². The minimum absolute atomic E-state index is 0.136. The fraction of sp³-hybridized carbons (Fsp3) is 0.100. The molecule has 0 aliphatic rings. The average Bonchev–Trinajstić information content (AvgIpc) is 3.40. The molecule has 0 unspecified atom stereocenters. The number of rotatable bonds is 10. The number of carbonyl (C=O) groups excluding carboxylic acids is 1. The molecule has 0 aliphatic carbocycles. The molecular formula is C30H26N4O3. The number of ether oxygens (including phenoxy) is 2. The number of hydrogen-bond donors (Lipinski definition) is 1. The lowest BCUT2D eigenvalue weighted by Crippen LogP contribution is -2.28. The number of benzene rings is 3.